The van der Waals surface area contributed by atoms with Crippen molar-refractivity contribution >= 4 is 34.0 Å². The van der Waals surface area contributed by atoms with Gasteiger partial charge in [0.15, 0.2) is 0 Å². The van der Waals surface area contributed by atoms with Crippen molar-refractivity contribution in [2.45, 2.75) is 0 Å². The van der Waals surface area contributed by atoms with Crippen LogP contribution in [-0.4, -0.2) is 25.7 Å². The van der Waals surface area contributed by atoms with Gasteiger partial charge in [-0.3, -0.25) is 25.0 Å². The van der Waals surface area contributed by atoms with Gasteiger partial charge in [-0.15, -0.1) is 0 Å². The molecule has 1 heterocycles. The quantitative estimate of drug-likeness (QED) is 0.375. The number of carbonyl (C=O) groups excluding carboxylic acids is 1. The Hall–Kier alpha value is -4.60. The molecule has 148 valence electrons. The van der Waals surface area contributed by atoms with Crippen molar-refractivity contribution in [3.8, 4) is 11.4 Å². The van der Waals surface area contributed by atoms with Gasteiger partial charge in [0.05, 0.1) is 26.9 Å². The Morgan fingerprint density at radius 1 is 0.933 bits per heavy atom. The van der Waals surface area contributed by atoms with Crippen LogP contribution in [0.5, 0.6) is 0 Å². The molecule has 3 aromatic carbocycles. The molecular formula is C20H13N5O5. The summed E-state index contributed by atoms with van der Waals surface area (Å²) in [5.74, 6) is -0.0758. The highest BCUT2D eigenvalue weighted by Crippen LogP contribution is 2.26. The number of carbonyl (C=O) groups is 1. The second-order valence-corrected chi connectivity index (χ2v) is 6.35. The molecule has 10 nitrogen and oxygen atoms in total. The number of imidazole rings is 1. The summed E-state index contributed by atoms with van der Waals surface area (Å²) >= 11 is 0. The number of anilines is 1. The second-order valence-electron chi connectivity index (χ2n) is 6.35. The summed E-state index contributed by atoms with van der Waals surface area (Å²) in [6, 6.07) is 17.2. The third kappa shape index (κ3) is 3.56. The predicted octanol–water partition coefficient (Wildman–Crippen LogP) is 4.30. The van der Waals surface area contributed by atoms with E-state index in [0.29, 0.717) is 11.5 Å². The van der Waals surface area contributed by atoms with Gasteiger partial charge in [-0.05, 0) is 42.5 Å². The number of nitro groups is 2. The summed E-state index contributed by atoms with van der Waals surface area (Å²) in [6.45, 7) is 0. The van der Waals surface area contributed by atoms with Crippen molar-refractivity contribution in [3.63, 3.8) is 0 Å². The van der Waals surface area contributed by atoms with Crippen LogP contribution in [0.3, 0.4) is 0 Å². The van der Waals surface area contributed by atoms with Crippen molar-refractivity contribution in [1.82, 2.24) is 9.97 Å². The van der Waals surface area contributed by atoms with E-state index in [4.69, 9.17) is 0 Å². The normalized spacial score (nSPS) is 10.7. The fourth-order valence-corrected chi connectivity index (χ4v) is 2.98. The van der Waals surface area contributed by atoms with Gasteiger partial charge in [-0.2, -0.15) is 0 Å². The van der Waals surface area contributed by atoms with Crippen LogP contribution in [0.2, 0.25) is 0 Å². The second kappa shape index (κ2) is 7.43. The Morgan fingerprint density at radius 2 is 1.67 bits per heavy atom. The lowest BCUT2D eigenvalue weighted by Gasteiger charge is -2.06. The molecule has 0 aliphatic heterocycles. The Balaban J connectivity index is 1.57. The van der Waals surface area contributed by atoms with Crippen molar-refractivity contribution in [3.05, 3.63) is 92.5 Å². The zero-order valence-corrected chi connectivity index (χ0v) is 15.2. The van der Waals surface area contributed by atoms with Crippen LogP contribution in [-0.2, 0) is 0 Å². The maximum atomic E-state index is 12.5. The molecule has 0 saturated carbocycles. The molecular weight excluding hydrogens is 390 g/mol. The van der Waals surface area contributed by atoms with Crippen LogP contribution in [0.4, 0.5) is 17.1 Å². The first-order chi connectivity index (χ1) is 14.4. The van der Waals surface area contributed by atoms with Gasteiger partial charge in [0.25, 0.3) is 17.3 Å². The molecule has 0 bridgehead atoms. The zero-order chi connectivity index (χ0) is 21.3. The predicted molar refractivity (Wildman–Crippen MR) is 109 cm³/mol. The van der Waals surface area contributed by atoms with Crippen LogP contribution >= 0.6 is 0 Å². The van der Waals surface area contributed by atoms with Gasteiger partial charge in [0.2, 0.25) is 0 Å². The lowest BCUT2D eigenvalue weighted by Crippen LogP contribution is -2.14. The minimum absolute atomic E-state index is 0.271. The number of nitrogens with zero attached hydrogens (tertiary/aromatic N) is 3. The standard InChI is InChI=1S/C20H13N5O5/c26-20(15-10-9-14(24(27)28)11-18(15)25(29)30)21-13-7-5-12(6-8-13)19-22-16-3-1-2-4-17(16)23-19/h1-11H,(H,21,26)(H,22,23). The molecule has 1 aromatic heterocycles. The molecule has 4 aromatic rings. The van der Waals surface area contributed by atoms with Gasteiger partial charge in [-0.25, -0.2) is 4.98 Å². The Morgan fingerprint density at radius 3 is 2.33 bits per heavy atom. The van der Waals surface area contributed by atoms with Crippen LogP contribution in [0.15, 0.2) is 66.7 Å². The number of benzene rings is 3. The minimum Gasteiger partial charge on any atom is -0.338 e. The number of para-hydroxylation sites is 2. The minimum atomic E-state index is -0.827. The monoisotopic (exact) mass is 403 g/mol. The van der Waals surface area contributed by atoms with Crippen molar-refractivity contribution in [2.24, 2.45) is 0 Å². The molecule has 0 aliphatic carbocycles. The number of amides is 1. The van der Waals surface area contributed by atoms with E-state index in [9.17, 15) is 25.0 Å². The Labute approximate surface area is 168 Å². The maximum absolute atomic E-state index is 12.5. The lowest BCUT2D eigenvalue weighted by molar-refractivity contribution is -0.394. The number of aromatic amines is 1. The van der Waals surface area contributed by atoms with E-state index in [-0.39, 0.29) is 5.56 Å². The summed E-state index contributed by atoms with van der Waals surface area (Å²) in [4.78, 5) is 40.7. The number of H-pyrrole nitrogens is 1. The molecule has 0 fully saturated rings. The van der Waals surface area contributed by atoms with E-state index in [1.807, 2.05) is 24.3 Å². The molecule has 30 heavy (non-hydrogen) atoms. The van der Waals surface area contributed by atoms with Gasteiger partial charge in [0, 0.05) is 17.3 Å². The van der Waals surface area contributed by atoms with Crippen LogP contribution < -0.4 is 5.32 Å². The topological polar surface area (TPSA) is 144 Å². The van der Waals surface area contributed by atoms with E-state index in [1.165, 1.54) is 0 Å². The molecule has 0 spiro atoms. The number of rotatable bonds is 5. The van der Waals surface area contributed by atoms with Crippen LogP contribution in [0.25, 0.3) is 22.4 Å². The molecule has 0 unspecified atom stereocenters. The Kier molecular flexibility index (Phi) is 4.64. The summed E-state index contributed by atoms with van der Waals surface area (Å²) in [7, 11) is 0. The highest BCUT2D eigenvalue weighted by molar-refractivity contribution is 6.07. The number of fused-ring (bicyclic) bond motifs is 1. The zero-order valence-electron chi connectivity index (χ0n) is 15.2. The SMILES string of the molecule is O=C(Nc1ccc(-c2nc3ccccc3[nH]2)cc1)c1ccc([N+](=O)[O-])cc1[N+](=O)[O-]. The van der Waals surface area contributed by atoms with Gasteiger partial charge < -0.3 is 10.3 Å². The largest absolute Gasteiger partial charge is 0.338 e. The molecule has 0 radical (unpaired) electrons. The smallest absolute Gasteiger partial charge is 0.289 e. The molecule has 0 atom stereocenters. The first-order valence-corrected chi connectivity index (χ1v) is 8.72. The van der Waals surface area contributed by atoms with Gasteiger partial charge in [0.1, 0.15) is 11.4 Å². The number of hydrogen-bond acceptors (Lipinski definition) is 6. The lowest BCUT2D eigenvalue weighted by atomic mass is 10.1. The first kappa shape index (κ1) is 18.7. The van der Waals surface area contributed by atoms with E-state index >= 15 is 0 Å². The van der Waals surface area contributed by atoms with Crippen LogP contribution in [0, 0.1) is 20.2 Å². The highest BCUT2D eigenvalue weighted by atomic mass is 16.6. The van der Waals surface area contributed by atoms with E-state index in [2.05, 4.69) is 15.3 Å². The molecule has 1 amide bonds. The summed E-state index contributed by atoms with van der Waals surface area (Å²) in [5, 5.41) is 24.6. The summed E-state index contributed by atoms with van der Waals surface area (Å²) in [5.41, 5.74) is 1.56. The fourth-order valence-electron chi connectivity index (χ4n) is 2.98. The fraction of sp³-hybridized carbons (Fsp3) is 0. The van der Waals surface area contributed by atoms with Crippen molar-refractivity contribution in [2.75, 3.05) is 5.32 Å². The number of non-ortho nitro benzene ring substituents is 1. The third-order valence-electron chi connectivity index (χ3n) is 4.44. The molecule has 4 rings (SSSR count). The average molecular weight is 403 g/mol. The van der Waals surface area contributed by atoms with Gasteiger partial charge >= 0.3 is 0 Å². The maximum Gasteiger partial charge on any atom is 0.289 e. The molecule has 0 aliphatic rings. The van der Waals surface area contributed by atoms with E-state index in [1.54, 1.807) is 24.3 Å². The number of nitrogens with one attached hydrogen (secondary N) is 2. The molecule has 2 N–H and O–H groups in total. The summed E-state index contributed by atoms with van der Waals surface area (Å²) in [6.07, 6.45) is 0. The third-order valence-corrected chi connectivity index (χ3v) is 4.44. The van der Waals surface area contributed by atoms with Crippen molar-refractivity contribution < 1.29 is 14.6 Å². The summed E-state index contributed by atoms with van der Waals surface area (Å²) < 4.78 is 0. The van der Waals surface area contributed by atoms with Crippen molar-refractivity contribution in [1.29, 1.82) is 0 Å². The number of aromatic nitrogens is 2. The average Bonchev–Trinajstić information content (AvgIpc) is 3.18. The molecule has 0 saturated heterocycles. The number of hydrogen-bond donors (Lipinski definition) is 2. The van der Waals surface area contributed by atoms with Crippen LogP contribution in [0.1, 0.15) is 10.4 Å². The molecule has 10 heteroatoms. The highest BCUT2D eigenvalue weighted by Gasteiger charge is 2.24. The first-order valence-electron chi connectivity index (χ1n) is 8.72. The number of nitro benzene ring substituents is 2. The Bertz CT molecular complexity index is 1260. The van der Waals surface area contributed by atoms with E-state index < -0.39 is 27.1 Å². The van der Waals surface area contributed by atoms with Gasteiger partial charge in [-0.1, -0.05) is 12.1 Å². The van der Waals surface area contributed by atoms with E-state index in [0.717, 1.165) is 34.8 Å².